The maximum absolute atomic E-state index is 14.4. The number of esters is 1. The van der Waals surface area contributed by atoms with Crippen molar-refractivity contribution in [2.24, 2.45) is 4.99 Å². The summed E-state index contributed by atoms with van der Waals surface area (Å²) in [5.41, 5.74) is 7.18. The van der Waals surface area contributed by atoms with Gasteiger partial charge in [-0.05, 0) is 103 Å². The summed E-state index contributed by atoms with van der Waals surface area (Å²) in [6, 6.07) is 22.6. The second-order valence-electron chi connectivity index (χ2n) is 11.1. The minimum absolute atomic E-state index is 0.170. The first-order valence-corrected chi connectivity index (χ1v) is 17.0. The van der Waals surface area contributed by atoms with Crippen molar-refractivity contribution in [1.29, 1.82) is 0 Å². The second kappa shape index (κ2) is 13.4. The van der Waals surface area contributed by atoms with E-state index in [9.17, 15) is 9.59 Å². The van der Waals surface area contributed by atoms with Crippen molar-refractivity contribution in [3.63, 3.8) is 0 Å². The zero-order valence-corrected chi connectivity index (χ0v) is 29.9. The van der Waals surface area contributed by atoms with E-state index in [0.717, 1.165) is 28.2 Å². The summed E-state index contributed by atoms with van der Waals surface area (Å²) in [5, 5.41) is 0. The first kappa shape index (κ1) is 32.5. The minimum Gasteiger partial charge on any atom is -0.493 e. The van der Waals surface area contributed by atoms with Gasteiger partial charge in [0, 0.05) is 26.2 Å². The molecule has 6 rings (SSSR count). The summed E-state index contributed by atoms with van der Waals surface area (Å²) in [7, 11) is 3.12. The van der Waals surface area contributed by atoms with Gasteiger partial charge in [0.2, 0.25) is 0 Å². The predicted molar refractivity (Wildman–Crippen MR) is 193 cm³/mol. The van der Waals surface area contributed by atoms with Crippen molar-refractivity contribution in [2.45, 2.75) is 33.7 Å². The highest BCUT2D eigenvalue weighted by atomic mass is 127. The Bertz CT molecular complexity index is 2230. The molecular formula is C37H34IN3O5S. The SMILES string of the molecule is CCOC(=O)C1=C(c2ccccc2)N=c2s/c(=C\c3cc(C)n(-c4ccc(C)c(I)c4)c3C)c(=O)n2[C@@H]1c1ccc(OC)c(OC)c1. The molecule has 0 spiro atoms. The Morgan fingerprint density at radius 3 is 2.40 bits per heavy atom. The predicted octanol–water partition coefficient (Wildman–Crippen LogP) is 6.27. The topological polar surface area (TPSA) is 84.1 Å². The Hall–Kier alpha value is -4.42. The fourth-order valence-electron chi connectivity index (χ4n) is 5.97. The molecule has 1 aliphatic heterocycles. The Balaban J connectivity index is 1.61. The van der Waals surface area contributed by atoms with E-state index in [0.29, 0.717) is 32.1 Å². The van der Waals surface area contributed by atoms with Gasteiger partial charge in [-0.2, -0.15) is 0 Å². The van der Waals surface area contributed by atoms with Crippen molar-refractivity contribution < 1.29 is 19.0 Å². The van der Waals surface area contributed by atoms with Crippen LogP contribution in [0.3, 0.4) is 0 Å². The number of thiazole rings is 1. The van der Waals surface area contributed by atoms with E-state index in [1.807, 2.05) is 42.5 Å². The molecule has 1 atom stereocenters. The highest BCUT2D eigenvalue weighted by molar-refractivity contribution is 14.1. The Kier molecular flexibility index (Phi) is 9.25. The van der Waals surface area contributed by atoms with E-state index < -0.39 is 12.0 Å². The van der Waals surface area contributed by atoms with Crippen LogP contribution in [0, 0.1) is 24.3 Å². The quantitative estimate of drug-likeness (QED) is 0.138. The molecule has 0 saturated carbocycles. The van der Waals surface area contributed by atoms with Crippen LogP contribution in [0.25, 0.3) is 17.5 Å². The molecule has 0 amide bonds. The summed E-state index contributed by atoms with van der Waals surface area (Å²) in [6.45, 7) is 8.14. The molecule has 0 bridgehead atoms. The summed E-state index contributed by atoms with van der Waals surface area (Å²) in [6.07, 6.45) is 1.92. The molecule has 3 heterocycles. The molecule has 0 fully saturated rings. The number of rotatable bonds is 8. The third-order valence-corrected chi connectivity index (χ3v) is 10.4. The molecule has 0 aliphatic carbocycles. The van der Waals surface area contributed by atoms with Gasteiger partial charge in [-0.3, -0.25) is 9.36 Å². The number of benzene rings is 3. The number of halogens is 1. The van der Waals surface area contributed by atoms with Gasteiger partial charge in [0.25, 0.3) is 5.56 Å². The molecule has 8 nitrogen and oxygen atoms in total. The zero-order chi connectivity index (χ0) is 33.4. The lowest BCUT2D eigenvalue weighted by Gasteiger charge is -2.26. The van der Waals surface area contributed by atoms with Crippen LogP contribution in [-0.2, 0) is 9.53 Å². The maximum Gasteiger partial charge on any atom is 0.338 e. The molecule has 5 aromatic rings. The van der Waals surface area contributed by atoms with Gasteiger partial charge in [0.15, 0.2) is 16.3 Å². The number of hydrogen-bond acceptors (Lipinski definition) is 7. The number of methoxy groups -OCH3 is 2. The number of hydrogen-bond donors (Lipinski definition) is 0. The van der Waals surface area contributed by atoms with E-state index in [-0.39, 0.29) is 17.7 Å². The third kappa shape index (κ3) is 5.96. The number of nitrogens with zero attached hydrogens (tertiary/aromatic N) is 3. The molecule has 0 saturated heterocycles. The lowest BCUT2D eigenvalue weighted by molar-refractivity contribution is -0.138. The van der Waals surface area contributed by atoms with E-state index in [2.05, 4.69) is 72.2 Å². The van der Waals surface area contributed by atoms with Gasteiger partial charge in [0.1, 0.15) is 0 Å². The van der Waals surface area contributed by atoms with Crippen molar-refractivity contribution in [3.8, 4) is 17.2 Å². The Labute approximate surface area is 290 Å². The molecular weight excluding hydrogens is 725 g/mol. The molecule has 10 heteroatoms. The molecule has 2 aromatic heterocycles. The molecule has 0 radical (unpaired) electrons. The molecule has 1 aliphatic rings. The third-order valence-electron chi connectivity index (χ3n) is 8.27. The number of carbonyl (C=O) groups is 1. The molecule has 0 unspecified atom stereocenters. The van der Waals surface area contributed by atoms with E-state index in [4.69, 9.17) is 19.2 Å². The van der Waals surface area contributed by atoms with Gasteiger partial charge >= 0.3 is 5.97 Å². The van der Waals surface area contributed by atoms with Crippen LogP contribution in [0.2, 0.25) is 0 Å². The van der Waals surface area contributed by atoms with E-state index >= 15 is 0 Å². The average Bonchev–Trinajstić information content (AvgIpc) is 3.54. The molecule has 47 heavy (non-hydrogen) atoms. The normalized spacial score (nSPS) is 14.5. The van der Waals surface area contributed by atoms with Crippen LogP contribution in [0.15, 0.2) is 88.2 Å². The van der Waals surface area contributed by atoms with Crippen molar-refractivity contribution in [1.82, 2.24) is 9.13 Å². The van der Waals surface area contributed by atoms with Gasteiger partial charge in [-0.25, -0.2) is 9.79 Å². The van der Waals surface area contributed by atoms with Gasteiger partial charge in [-0.1, -0.05) is 53.8 Å². The highest BCUT2D eigenvalue weighted by Crippen LogP contribution is 2.38. The van der Waals surface area contributed by atoms with Crippen LogP contribution >= 0.6 is 33.9 Å². The summed E-state index contributed by atoms with van der Waals surface area (Å²) < 4.78 is 22.2. The first-order chi connectivity index (χ1) is 22.7. The lowest BCUT2D eigenvalue weighted by atomic mass is 9.93. The number of aryl methyl sites for hydroxylation is 2. The minimum atomic E-state index is -0.829. The van der Waals surface area contributed by atoms with Crippen LogP contribution in [-0.4, -0.2) is 35.9 Å². The smallest absolute Gasteiger partial charge is 0.338 e. The zero-order valence-electron chi connectivity index (χ0n) is 27.0. The van der Waals surface area contributed by atoms with E-state index in [1.165, 1.54) is 20.5 Å². The Morgan fingerprint density at radius 1 is 0.979 bits per heavy atom. The summed E-state index contributed by atoms with van der Waals surface area (Å²) in [4.78, 5) is 33.7. The largest absolute Gasteiger partial charge is 0.493 e. The Morgan fingerprint density at radius 2 is 1.72 bits per heavy atom. The van der Waals surface area contributed by atoms with Crippen LogP contribution in [0.1, 0.15) is 46.6 Å². The van der Waals surface area contributed by atoms with Crippen LogP contribution in [0.4, 0.5) is 0 Å². The molecule has 3 aromatic carbocycles. The monoisotopic (exact) mass is 759 g/mol. The maximum atomic E-state index is 14.4. The van der Waals surface area contributed by atoms with Gasteiger partial charge in [0.05, 0.1) is 42.7 Å². The number of aromatic nitrogens is 2. The van der Waals surface area contributed by atoms with Crippen molar-refractivity contribution in [3.05, 3.63) is 135 Å². The standard InChI is InChI=1S/C37H34IN3O5S/c1-7-46-36(43)32-33(24-11-9-8-10-12-24)39-37-41(34(32)25-14-16-29(44-5)30(18-25)45-6)35(42)31(47-37)19-26-17-22(3)40(23(26)4)27-15-13-21(2)28(38)20-27/h8-20,34H,7H2,1-6H3/b31-19-/t34-/m1/s1. The summed E-state index contributed by atoms with van der Waals surface area (Å²) in [5.74, 6) is 0.472. The van der Waals surface area contributed by atoms with Crippen molar-refractivity contribution in [2.75, 3.05) is 20.8 Å². The molecule has 240 valence electrons. The van der Waals surface area contributed by atoms with E-state index in [1.54, 1.807) is 37.8 Å². The summed E-state index contributed by atoms with van der Waals surface area (Å²) >= 11 is 3.65. The number of carbonyl (C=O) groups excluding carboxylic acids is 1. The van der Waals surface area contributed by atoms with Crippen molar-refractivity contribution >= 4 is 51.7 Å². The fourth-order valence-corrected chi connectivity index (χ4v) is 7.46. The van der Waals surface area contributed by atoms with Gasteiger partial charge < -0.3 is 18.8 Å². The lowest BCUT2D eigenvalue weighted by Crippen LogP contribution is -2.40. The first-order valence-electron chi connectivity index (χ1n) is 15.1. The number of ether oxygens (including phenoxy) is 3. The van der Waals surface area contributed by atoms with Crippen LogP contribution < -0.4 is 24.4 Å². The molecule has 0 N–H and O–H groups in total. The number of fused-ring (bicyclic) bond motifs is 1. The second-order valence-corrected chi connectivity index (χ2v) is 13.3. The highest BCUT2D eigenvalue weighted by Gasteiger charge is 2.35. The fraction of sp³-hybridized carbons (Fsp3) is 0.216. The van der Waals surface area contributed by atoms with Gasteiger partial charge in [-0.15, -0.1) is 0 Å². The van der Waals surface area contributed by atoms with Crippen LogP contribution in [0.5, 0.6) is 11.5 Å². The average molecular weight is 760 g/mol.